The quantitative estimate of drug-likeness (QED) is 0.178. The Morgan fingerprint density at radius 2 is 1.40 bits per heavy atom. The normalized spacial score (nSPS) is 12.8. The van der Waals surface area contributed by atoms with E-state index >= 15 is 0 Å². The maximum Gasteiger partial charge on any atom is 0.191 e. The first kappa shape index (κ1) is 27.2. The predicted octanol–water partition coefficient (Wildman–Crippen LogP) is 8.04. The third kappa shape index (κ3) is 8.36. The molecule has 0 spiro atoms. The van der Waals surface area contributed by atoms with Crippen LogP contribution in [0.5, 0.6) is 5.75 Å². The largest absolute Gasteiger partial charge is 0.467 e. The molecule has 3 nitrogen and oxygen atoms in total. The standard InChI is InChI=1S/C26H48O3Si/c1-20(2)23-17-22(18-24(21(3)4)25(23)28-19-27-8)15-13-11-12-14-16-29-30(9,10)26(5,6)7/h17-18,20-21H,11-16,19H2,1-10H3. The van der Waals surface area contributed by atoms with E-state index < -0.39 is 8.32 Å². The van der Waals surface area contributed by atoms with Crippen LogP contribution in [0.3, 0.4) is 0 Å². The Labute approximate surface area is 188 Å². The molecule has 0 atom stereocenters. The number of ether oxygens (including phenoxy) is 2. The fourth-order valence-corrected chi connectivity index (χ4v) is 4.44. The summed E-state index contributed by atoms with van der Waals surface area (Å²) in [6.45, 7) is 21.8. The number of benzene rings is 1. The highest BCUT2D eigenvalue weighted by molar-refractivity contribution is 6.74. The molecule has 0 aliphatic heterocycles. The van der Waals surface area contributed by atoms with E-state index in [0.717, 1.165) is 18.8 Å². The summed E-state index contributed by atoms with van der Waals surface area (Å²) in [4.78, 5) is 0. The van der Waals surface area contributed by atoms with Crippen molar-refractivity contribution >= 4 is 8.32 Å². The zero-order valence-corrected chi connectivity index (χ0v) is 22.5. The lowest BCUT2D eigenvalue weighted by Gasteiger charge is -2.36. The summed E-state index contributed by atoms with van der Waals surface area (Å²) in [5, 5.41) is 0.300. The molecule has 30 heavy (non-hydrogen) atoms. The van der Waals surface area contributed by atoms with Gasteiger partial charge in [0.2, 0.25) is 0 Å². The molecule has 0 unspecified atom stereocenters. The van der Waals surface area contributed by atoms with Crippen LogP contribution in [-0.2, 0) is 15.6 Å². The summed E-state index contributed by atoms with van der Waals surface area (Å²) in [6.07, 6.45) is 6.04. The third-order valence-corrected chi connectivity index (χ3v) is 10.9. The minimum atomic E-state index is -1.60. The first-order valence-electron chi connectivity index (χ1n) is 11.8. The summed E-state index contributed by atoms with van der Waals surface area (Å²) in [5.74, 6) is 1.89. The molecule has 0 aliphatic rings. The summed E-state index contributed by atoms with van der Waals surface area (Å²) in [6, 6.07) is 4.70. The van der Waals surface area contributed by atoms with Crippen molar-refractivity contribution in [2.75, 3.05) is 20.5 Å². The molecule has 0 N–H and O–H groups in total. The predicted molar refractivity (Wildman–Crippen MR) is 132 cm³/mol. The van der Waals surface area contributed by atoms with Gasteiger partial charge >= 0.3 is 0 Å². The SMILES string of the molecule is COCOc1c(C(C)C)cc(CCCCCCO[Si](C)(C)C(C)(C)C)cc1C(C)C. The Kier molecular flexibility index (Phi) is 11.1. The average Bonchev–Trinajstić information content (AvgIpc) is 2.64. The lowest BCUT2D eigenvalue weighted by molar-refractivity contribution is 0.0494. The van der Waals surface area contributed by atoms with E-state index in [2.05, 4.69) is 73.7 Å². The van der Waals surface area contributed by atoms with Crippen molar-refractivity contribution in [3.8, 4) is 5.75 Å². The second-order valence-electron chi connectivity index (χ2n) is 10.7. The molecule has 0 amide bonds. The van der Waals surface area contributed by atoms with Crippen LogP contribution < -0.4 is 4.74 Å². The van der Waals surface area contributed by atoms with Crippen LogP contribution in [0, 0.1) is 0 Å². The minimum Gasteiger partial charge on any atom is -0.467 e. The first-order valence-corrected chi connectivity index (χ1v) is 14.7. The average molecular weight is 437 g/mol. The van der Waals surface area contributed by atoms with E-state index in [9.17, 15) is 0 Å². The molecular weight excluding hydrogens is 388 g/mol. The highest BCUT2D eigenvalue weighted by Crippen LogP contribution is 2.37. The van der Waals surface area contributed by atoms with Crippen molar-refractivity contribution in [2.45, 2.75) is 111 Å². The Hall–Kier alpha value is -0.843. The molecular formula is C26H48O3Si. The Balaban J connectivity index is 2.61. The number of methoxy groups -OCH3 is 1. The van der Waals surface area contributed by atoms with Gasteiger partial charge in [0.15, 0.2) is 15.1 Å². The van der Waals surface area contributed by atoms with Crippen molar-refractivity contribution in [1.82, 2.24) is 0 Å². The minimum absolute atomic E-state index is 0.300. The van der Waals surface area contributed by atoms with Crippen molar-refractivity contribution in [3.05, 3.63) is 28.8 Å². The van der Waals surface area contributed by atoms with Crippen LogP contribution in [0.4, 0.5) is 0 Å². The Morgan fingerprint density at radius 3 is 1.87 bits per heavy atom. The van der Waals surface area contributed by atoms with Gasteiger partial charge in [-0.25, -0.2) is 0 Å². The van der Waals surface area contributed by atoms with Crippen LogP contribution >= 0.6 is 0 Å². The van der Waals surface area contributed by atoms with Crippen molar-refractivity contribution in [3.63, 3.8) is 0 Å². The molecule has 0 fully saturated rings. The molecule has 0 saturated heterocycles. The van der Waals surface area contributed by atoms with Gasteiger partial charge in [-0.3, -0.25) is 0 Å². The smallest absolute Gasteiger partial charge is 0.191 e. The van der Waals surface area contributed by atoms with Crippen LogP contribution in [0.25, 0.3) is 0 Å². The highest BCUT2D eigenvalue weighted by Gasteiger charge is 2.36. The second kappa shape index (κ2) is 12.3. The summed E-state index contributed by atoms with van der Waals surface area (Å²) < 4.78 is 17.5. The van der Waals surface area contributed by atoms with Crippen LogP contribution in [0.1, 0.15) is 103 Å². The molecule has 1 aromatic rings. The molecule has 0 heterocycles. The lowest BCUT2D eigenvalue weighted by Crippen LogP contribution is -2.40. The fraction of sp³-hybridized carbons (Fsp3) is 0.769. The van der Waals surface area contributed by atoms with E-state index in [1.807, 2.05) is 0 Å². The summed E-state index contributed by atoms with van der Waals surface area (Å²) >= 11 is 0. The van der Waals surface area contributed by atoms with Gasteiger partial charge in [0.05, 0.1) is 0 Å². The van der Waals surface area contributed by atoms with Crippen LogP contribution in [0.15, 0.2) is 12.1 Å². The number of hydrogen-bond donors (Lipinski definition) is 0. The Morgan fingerprint density at radius 1 is 0.867 bits per heavy atom. The van der Waals surface area contributed by atoms with E-state index in [4.69, 9.17) is 13.9 Å². The lowest BCUT2D eigenvalue weighted by atomic mass is 9.90. The number of aryl methyl sites for hydroxylation is 1. The van der Waals surface area contributed by atoms with Gasteiger partial charge in [-0.2, -0.15) is 0 Å². The molecule has 0 aliphatic carbocycles. The van der Waals surface area contributed by atoms with Gasteiger partial charge in [-0.1, -0.05) is 73.4 Å². The van der Waals surface area contributed by atoms with Gasteiger partial charge in [-0.15, -0.1) is 0 Å². The molecule has 0 saturated carbocycles. The first-order chi connectivity index (χ1) is 13.9. The van der Waals surface area contributed by atoms with Gasteiger partial charge in [0, 0.05) is 13.7 Å². The van der Waals surface area contributed by atoms with Gasteiger partial charge in [-0.05, 0) is 65.9 Å². The van der Waals surface area contributed by atoms with Crippen molar-refractivity contribution in [2.24, 2.45) is 0 Å². The second-order valence-corrected chi connectivity index (χ2v) is 15.5. The zero-order valence-electron chi connectivity index (χ0n) is 21.5. The van der Waals surface area contributed by atoms with E-state index in [-0.39, 0.29) is 0 Å². The van der Waals surface area contributed by atoms with E-state index in [0.29, 0.717) is 23.7 Å². The van der Waals surface area contributed by atoms with Gasteiger partial charge in [0.25, 0.3) is 0 Å². The van der Waals surface area contributed by atoms with Crippen LogP contribution in [0.2, 0.25) is 18.1 Å². The summed E-state index contributed by atoms with van der Waals surface area (Å²) in [5.41, 5.74) is 4.04. The topological polar surface area (TPSA) is 27.7 Å². The summed E-state index contributed by atoms with van der Waals surface area (Å²) in [7, 11) is 0.0801. The molecule has 4 heteroatoms. The van der Waals surface area contributed by atoms with E-state index in [1.165, 1.54) is 42.4 Å². The molecule has 174 valence electrons. The monoisotopic (exact) mass is 436 g/mol. The highest BCUT2D eigenvalue weighted by atomic mass is 28.4. The number of hydrogen-bond acceptors (Lipinski definition) is 3. The molecule has 0 bridgehead atoms. The molecule has 1 rings (SSSR count). The van der Waals surface area contributed by atoms with Crippen molar-refractivity contribution < 1.29 is 13.9 Å². The molecule has 0 aromatic heterocycles. The number of rotatable bonds is 13. The maximum atomic E-state index is 6.30. The Bertz CT molecular complexity index is 601. The third-order valence-electron chi connectivity index (χ3n) is 6.40. The van der Waals surface area contributed by atoms with Gasteiger partial charge in [0.1, 0.15) is 5.75 Å². The molecule has 0 radical (unpaired) electrons. The maximum absolute atomic E-state index is 6.30. The zero-order chi connectivity index (χ0) is 22.9. The van der Waals surface area contributed by atoms with Crippen molar-refractivity contribution in [1.29, 1.82) is 0 Å². The van der Waals surface area contributed by atoms with Gasteiger partial charge < -0.3 is 13.9 Å². The fourth-order valence-electron chi connectivity index (χ4n) is 3.35. The number of unbranched alkanes of at least 4 members (excludes halogenated alkanes) is 3. The van der Waals surface area contributed by atoms with Crippen LogP contribution in [-0.4, -0.2) is 28.8 Å². The molecule has 1 aromatic carbocycles. The van der Waals surface area contributed by atoms with E-state index in [1.54, 1.807) is 7.11 Å².